The van der Waals surface area contributed by atoms with Gasteiger partial charge in [-0.1, -0.05) is 0 Å². The number of nitriles is 1. The SMILES string of the molecule is CC(C)(C)OC(=O)N[C@@H]1CCOCC[C@H]1C#N. The van der Waals surface area contributed by atoms with Crippen molar-refractivity contribution in [3.63, 3.8) is 0 Å². The van der Waals surface area contributed by atoms with Gasteiger partial charge in [-0.15, -0.1) is 0 Å². The molecular formula is C12H20N2O3. The molecule has 96 valence electrons. The average Bonchev–Trinajstić information content (AvgIpc) is 2.39. The predicted octanol–water partition coefficient (Wildman–Crippen LogP) is 1.83. The normalized spacial score (nSPS) is 25.5. The van der Waals surface area contributed by atoms with Gasteiger partial charge in [0.1, 0.15) is 5.60 Å². The molecule has 1 amide bonds. The Morgan fingerprint density at radius 2 is 2.06 bits per heavy atom. The number of hydrogen-bond acceptors (Lipinski definition) is 4. The summed E-state index contributed by atoms with van der Waals surface area (Å²) in [5.74, 6) is -0.204. The molecule has 0 bridgehead atoms. The molecule has 5 heteroatoms. The highest BCUT2D eigenvalue weighted by atomic mass is 16.6. The minimum Gasteiger partial charge on any atom is -0.444 e. The van der Waals surface area contributed by atoms with Crippen molar-refractivity contribution in [1.29, 1.82) is 5.26 Å². The van der Waals surface area contributed by atoms with Crippen LogP contribution in [0.2, 0.25) is 0 Å². The molecule has 1 fully saturated rings. The summed E-state index contributed by atoms with van der Waals surface area (Å²) in [7, 11) is 0. The summed E-state index contributed by atoms with van der Waals surface area (Å²) in [6.07, 6.45) is 0.832. The number of amides is 1. The molecule has 2 atom stereocenters. The van der Waals surface area contributed by atoms with Crippen LogP contribution in [0.15, 0.2) is 0 Å². The first-order valence-corrected chi connectivity index (χ1v) is 5.89. The molecule has 1 saturated heterocycles. The summed E-state index contributed by atoms with van der Waals surface area (Å²) in [5.41, 5.74) is -0.520. The topological polar surface area (TPSA) is 71.3 Å². The van der Waals surface area contributed by atoms with Crippen LogP contribution in [-0.2, 0) is 9.47 Å². The van der Waals surface area contributed by atoms with Crippen LogP contribution in [0.25, 0.3) is 0 Å². The van der Waals surface area contributed by atoms with Crippen molar-refractivity contribution in [3.05, 3.63) is 0 Å². The van der Waals surface area contributed by atoms with Gasteiger partial charge in [0.05, 0.1) is 18.0 Å². The van der Waals surface area contributed by atoms with Gasteiger partial charge in [0.25, 0.3) is 0 Å². The van der Waals surface area contributed by atoms with Crippen LogP contribution in [0.4, 0.5) is 4.79 Å². The highest BCUT2D eigenvalue weighted by Gasteiger charge is 2.27. The van der Waals surface area contributed by atoms with E-state index >= 15 is 0 Å². The number of ether oxygens (including phenoxy) is 2. The summed E-state index contributed by atoms with van der Waals surface area (Å²) in [6, 6.07) is 2.03. The lowest BCUT2D eigenvalue weighted by Gasteiger charge is -2.24. The second kappa shape index (κ2) is 5.87. The van der Waals surface area contributed by atoms with Crippen LogP contribution in [0, 0.1) is 17.2 Å². The van der Waals surface area contributed by atoms with Crippen LogP contribution < -0.4 is 5.32 Å². The zero-order valence-corrected chi connectivity index (χ0v) is 10.7. The van der Waals surface area contributed by atoms with Crippen molar-refractivity contribution >= 4 is 6.09 Å². The lowest BCUT2D eigenvalue weighted by atomic mass is 9.97. The maximum atomic E-state index is 11.6. The van der Waals surface area contributed by atoms with Gasteiger partial charge in [-0.3, -0.25) is 0 Å². The van der Waals surface area contributed by atoms with Gasteiger partial charge >= 0.3 is 6.09 Å². The van der Waals surface area contributed by atoms with E-state index < -0.39 is 11.7 Å². The Balaban J connectivity index is 2.53. The Kier molecular flexibility index (Phi) is 4.76. The zero-order valence-electron chi connectivity index (χ0n) is 10.7. The van der Waals surface area contributed by atoms with E-state index in [2.05, 4.69) is 11.4 Å². The standard InChI is InChI=1S/C12H20N2O3/c1-12(2,3)17-11(15)14-10-5-7-16-6-4-9(10)8-13/h9-10H,4-7H2,1-3H3,(H,14,15)/t9-,10+/m0/s1. The van der Waals surface area contributed by atoms with Crippen molar-refractivity contribution in [2.45, 2.75) is 45.3 Å². The number of nitrogens with zero attached hydrogens (tertiary/aromatic N) is 1. The van der Waals surface area contributed by atoms with E-state index in [9.17, 15) is 4.79 Å². The van der Waals surface area contributed by atoms with E-state index in [0.717, 1.165) is 0 Å². The fourth-order valence-corrected chi connectivity index (χ4v) is 1.71. The minimum absolute atomic E-state index is 0.183. The molecule has 1 aliphatic heterocycles. The molecule has 1 heterocycles. The first-order chi connectivity index (χ1) is 7.92. The molecule has 17 heavy (non-hydrogen) atoms. The lowest BCUT2D eigenvalue weighted by Crippen LogP contribution is -2.42. The molecule has 1 N–H and O–H groups in total. The van der Waals surface area contributed by atoms with Gasteiger partial charge in [-0.25, -0.2) is 4.79 Å². The largest absolute Gasteiger partial charge is 0.444 e. The third-order valence-electron chi connectivity index (χ3n) is 2.50. The molecule has 0 spiro atoms. The fourth-order valence-electron chi connectivity index (χ4n) is 1.71. The van der Waals surface area contributed by atoms with E-state index in [4.69, 9.17) is 14.7 Å². The van der Waals surface area contributed by atoms with E-state index in [1.807, 2.05) is 20.8 Å². The summed E-state index contributed by atoms with van der Waals surface area (Å²) in [6.45, 7) is 6.57. The Bertz CT molecular complexity index is 304. The molecule has 0 unspecified atom stereocenters. The Labute approximate surface area is 102 Å². The molecule has 1 rings (SSSR count). The van der Waals surface area contributed by atoms with Crippen molar-refractivity contribution in [3.8, 4) is 6.07 Å². The van der Waals surface area contributed by atoms with Crippen LogP contribution in [-0.4, -0.2) is 30.9 Å². The first kappa shape index (κ1) is 13.8. The van der Waals surface area contributed by atoms with E-state index in [1.165, 1.54) is 0 Å². The van der Waals surface area contributed by atoms with E-state index in [0.29, 0.717) is 26.1 Å². The van der Waals surface area contributed by atoms with Crippen molar-refractivity contribution in [1.82, 2.24) is 5.32 Å². The maximum absolute atomic E-state index is 11.6. The van der Waals surface area contributed by atoms with Gasteiger partial charge < -0.3 is 14.8 Å². The Morgan fingerprint density at radius 3 is 2.65 bits per heavy atom. The molecule has 0 radical (unpaired) electrons. The summed E-state index contributed by atoms with van der Waals surface area (Å²) < 4.78 is 10.5. The molecular weight excluding hydrogens is 220 g/mol. The minimum atomic E-state index is -0.520. The van der Waals surface area contributed by atoms with Crippen LogP contribution in [0.3, 0.4) is 0 Å². The predicted molar refractivity (Wildman–Crippen MR) is 62.3 cm³/mol. The summed E-state index contributed by atoms with van der Waals surface area (Å²) >= 11 is 0. The van der Waals surface area contributed by atoms with E-state index in [-0.39, 0.29) is 12.0 Å². The molecule has 0 aromatic rings. The monoisotopic (exact) mass is 240 g/mol. The number of hydrogen-bond donors (Lipinski definition) is 1. The third kappa shape index (κ3) is 5.05. The highest BCUT2D eigenvalue weighted by molar-refractivity contribution is 5.68. The van der Waals surface area contributed by atoms with Crippen LogP contribution >= 0.6 is 0 Å². The first-order valence-electron chi connectivity index (χ1n) is 5.89. The number of carbonyl (C=O) groups excluding carboxylic acids is 1. The quantitative estimate of drug-likeness (QED) is 0.759. The Morgan fingerprint density at radius 1 is 1.41 bits per heavy atom. The third-order valence-corrected chi connectivity index (χ3v) is 2.50. The number of rotatable bonds is 1. The van der Waals surface area contributed by atoms with Crippen molar-refractivity contribution < 1.29 is 14.3 Å². The second-order valence-corrected chi connectivity index (χ2v) is 5.18. The molecule has 0 aromatic carbocycles. The van der Waals surface area contributed by atoms with Gasteiger partial charge in [-0.2, -0.15) is 5.26 Å². The van der Waals surface area contributed by atoms with Crippen LogP contribution in [0.1, 0.15) is 33.6 Å². The number of nitrogens with one attached hydrogen (secondary N) is 1. The molecule has 1 aliphatic rings. The zero-order chi connectivity index (χ0) is 12.9. The summed E-state index contributed by atoms with van der Waals surface area (Å²) in [5, 5.41) is 11.8. The van der Waals surface area contributed by atoms with Crippen molar-refractivity contribution in [2.24, 2.45) is 5.92 Å². The maximum Gasteiger partial charge on any atom is 0.407 e. The molecule has 0 saturated carbocycles. The second-order valence-electron chi connectivity index (χ2n) is 5.18. The van der Waals surface area contributed by atoms with Gasteiger partial charge in [-0.05, 0) is 33.6 Å². The molecule has 0 aromatic heterocycles. The number of carbonyl (C=O) groups is 1. The average molecular weight is 240 g/mol. The summed E-state index contributed by atoms with van der Waals surface area (Å²) in [4.78, 5) is 11.6. The Hall–Kier alpha value is -1.28. The molecule has 0 aliphatic carbocycles. The smallest absolute Gasteiger partial charge is 0.407 e. The molecule has 5 nitrogen and oxygen atoms in total. The number of alkyl carbamates (subject to hydrolysis) is 1. The van der Waals surface area contributed by atoms with Crippen LogP contribution in [0.5, 0.6) is 0 Å². The van der Waals surface area contributed by atoms with E-state index in [1.54, 1.807) is 0 Å². The highest BCUT2D eigenvalue weighted by Crippen LogP contribution is 2.16. The van der Waals surface area contributed by atoms with Gasteiger partial charge in [0.15, 0.2) is 0 Å². The van der Waals surface area contributed by atoms with Gasteiger partial charge in [0.2, 0.25) is 0 Å². The lowest BCUT2D eigenvalue weighted by molar-refractivity contribution is 0.0490. The fraction of sp³-hybridized carbons (Fsp3) is 0.833. The van der Waals surface area contributed by atoms with Crippen molar-refractivity contribution in [2.75, 3.05) is 13.2 Å². The van der Waals surface area contributed by atoms with Gasteiger partial charge in [0, 0.05) is 13.2 Å².